The summed E-state index contributed by atoms with van der Waals surface area (Å²) in [4.78, 5) is 32.5. The van der Waals surface area contributed by atoms with E-state index in [1.807, 2.05) is 24.3 Å². The average Bonchev–Trinajstić information content (AvgIpc) is 2.69. The number of carbonyl (C=O) groups is 2. The number of amides is 2. The molecule has 1 aromatic heterocycles. The molecule has 1 fully saturated rings. The van der Waals surface area contributed by atoms with Crippen molar-refractivity contribution in [1.29, 1.82) is 0 Å². The molecule has 0 radical (unpaired) electrons. The van der Waals surface area contributed by atoms with Crippen LogP contribution in [0.4, 0.5) is 0 Å². The molecular weight excluding hydrogens is 342 g/mol. The SMILES string of the molecule is O=C1CCCCN1CCC(=O)N(Cc1ccc(O)cc1)Cc1cccnc1. The van der Waals surface area contributed by atoms with E-state index in [-0.39, 0.29) is 17.6 Å². The third-order valence-electron chi connectivity index (χ3n) is 4.78. The predicted molar refractivity (Wildman–Crippen MR) is 102 cm³/mol. The molecule has 2 aromatic rings. The summed E-state index contributed by atoms with van der Waals surface area (Å²) in [7, 11) is 0. The Balaban J connectivity index is 1.66. The number of phenols is 1. The van der Waals surface area contributed by atoms with Gasteiger partial charge in [-0.05, 0) is 42.2 Å². The van der Waals surface area contributed by atoms with Crippen molar-refractivity contribution >= 4 is 11.8 Å². The molecule has 2 heterocycles. The van der Waals surface area contributed by atoms with Gasteiger partial charge in [-0.25, -0.2) is 0 Å². The van der Waals surface area contributed by atoms with Gasteiger partial charge in [-0.15, -0.1) is 0 Å². The van der Waals surface area contributed by atoms with Crippen LogP contribution in [0.15, 0.2) is 48.8 Å². The van der Waals surface area contributed by atoms with Gasteiger partial charge in [0.2, 0.25) is 11.8 Å². The molecule has 0 spiro atoms. The minimum Gasteiger partial charge on any atom is -0.508 e. The third kappa shape index (κ3) is 5.54. The number of rotatable bonds is 7. The molecule has 1 saturated heterocycles. The number of piperidine rings is 1. The van der Waals surface area contributed by atoms with Crippen LogP contribution in [0.3, 0.4) is 0 Å². The van der Waals surface area contributed by atoms with Crippen LogP contribution in [0.5, 0.6) is 5.75 Å². The number of aromatic hydroxyl groups is 1. The molecule has 1 aliphatic rings. The quantitative estimate of drug-likeness (QED) is 0.817. The van der Waals surface area contributed by atoms with Crippen molar-refractivity contribution in [3.8, 4) is 5.75 Å². The van der Waals surface area contributed by atoms with Crippen LogP contribution < -0.4 is 0 Å². The highest BCUT2D eigenvalue weighted by Crippen LogP contribution is 2.16. The van der Waals surface area contributed by atoms with E-state index in [1.54, 1.807) is 34.3 Å². The van der Waals surface area contributed by atoms with Gasteiger partial charge in [0.15, 0.2) is 0 Å². The summed E-state index contributed by atoms with van der Waals surface area (Å²) >= 11 is 0. The molecule has 2 amide bonds. The highest BCUT2D eigenvalue weighted by molar-refractivity contribution is 5.79. The van der Waals surface area contributed by atoms with E-state index in [2.05, 4.69) is 4.98 Å². The smallest absolute Gasteiger partial charge is 0.224 e. The molecule has 142 valence electrons. The Kier molecular flexibility index (Phi) is 6.41. The first-order valence-electron chi connectivity index (χ1n) is 9.34. The average molecular weight is 367 g/mol. The number of benzene rings is 1. The third-order valence-corrected chi connectivity index (χ3v) is 4.78. The van der Waals surface area contributed by atoms with Gasteiger partial charge in [0.05, 0.1) is 0 Å². The highest BCUT2D eigenvalue weighted by atomic mass is 16.3. The minimum atomic E-state index is 0.00491. The fraction of sp³-hybridized carbons (Fsp3) is 0.381. The Morgan fingerprint density at radius 1 is 1.11 bits per heavy atom. The van der Waals surface area contributed by atoms with Gasteiger partial charge in [0.25, 0.3) is 0 Å². The topological polar surface area (TPSA) is 73.7 Å². The van der Waals surface area contributed by atoms with Crippen molar-refractivity contribution < 1.29 is 14.7 Å². The van der Waals surface area contributed by atoms with Crippen molar-refractivity contribution in [3.05, 3.63) is 59.9 Å². The molecule has 1 aromatic carbocycles. The molecule has 0 bridgehead atoms. The Morgan fingerprint density at radius 3 is 2.59 bits per heavy atom. The number of likely N-dealkylation sites (tertiary alicyclic amines) is 1. The van der Waals surface area contributed by atoms with E-state index in [1.165, 1.54) is 0 Å². The fourth-order valence-corrected chi connectivity index (χ4v) is 3.25. The molecule has 6 heteroatoms. The van der Waals surface area contributed by atoms with Crippen molar-refractivity contribution in [1.82, 2.24) is 14.8 Å². The predicted octanol–water partition coefficient (Wildman–Crippen LogP) is 2.72. The van der Waals surface area contributed by atoms with E-state index in [0.29, 0.717) is 32.5 Å². The zero-order chi connectivity index (χ0) is 19.1. The fourth-order valence-electron chi connectivity index (χ4n) is 3.25. The van der Waals surface area contributed by atoms with E-state index >= 15 is 0 Å². The summed E-state index contributed by atoms with van der Waals surface area (Å²) in [5, 5.41) is 9.46. The van der Waals surface area contributed by atoms with Gasteiger partial charge in [-0.1, -0.05) is 18.2 Å². The molecule has 0 saturated carbocycles. The molecule has 6 nitrogen and oxygen atoms in total. The number of phenolic OH excluding ortho intramolecular Hbond substituents is 1. The standard InChI is InChI=1S/C21H25N3O3/c25-19-8-6-17(7-9-19)15-24(16-18-4-3-11-22-14-18)21(27)10-13-23-12-2-1-5-20(23)26/h3-4,6-9,11,14,25H,1-2,5,10,12-13,15-16H2. The van der Waals surface area contributed by atoms with Crippen molar-refractivity contribution in [3.63, 3.8) is 0 Å². The number of pyridine rings is 1. The number of aromatic nitrogens is 1. The summed E-state index contributed by atoms with van der Waals surface area (Å²) in [5.74, 6) is 0.351. The van der Waals surface area contributed by atoms with Gasteiger partial charge in [-0.2, -0.15) is 0 Å². The van der Waals surface area contributed by atoms with Gasteiger partial charge in [0, 0.05) is 51.4 Å². The van der Waals surface area contributed by atoms with Crippen molar-refractivity contribution in [2.24, 2.45) is 0 Å². The summed E-state index contributed by atoms with van der Waals surface area (Å²) < 4.78 is 0. The Hall–Kier alpha value is -2.89. The Bertz CT molecular complexity index is 762. The summed E-state index contributed by atoms with van der Waals surface area (Å²) in [6.45, 7) is 2.12. The molecule has 0 atom stereocenters. The first-order valence-corrected chi connectivity index (χ1v) is 9.34. The van der Waals surface area contributed by atoms with Gasteiger partial charge in [-0.3, -0.25) is 14.6 Å². The van der Waals surface area contributed by atoms with Crippen LogP contribution >= 0.6 is 0 Å². The van der Waals surface area contributed by atoms with Crippen molar-refractivity contribution in [2.45, 2.75) is 38.8 Å². The first kappa shape index (κ1) is 18.9. The van der Waals surface area contributed by atoms with Crippen LogP contribution in [0, 0.1) is 0 Å². The van der Waals surface area contributed by atoms with E-state index in [0.717, 1.165) is 30.5 Å². The lowest BCUT2D eigenvalue weighted by Gasteiger charge is -2.28. The maximum Gasteiger partial charge on any atom is 0.224 e. The summed E-state index contributed by atoms with van der Waals surface area (Å²) in [5.41, 5.74) is 1.90. The van der Waals surface area contributed by atoms with Crippen LogP contribution in [0.1, 0.15) is 36.8 Å². The van der Waals surface area contributed by atoms with Gasteiger partial charge < -0.3 is 14.9 Å². The maximum absolute atomic E-state index is 12.9. The summed E-state index contributed by atoms with van der Waals surface area (Å²) in [6.07, 6.45) is 6.30. The van der Waals surface area contributed by atoms with Crippen LogP contribution in [-0.2, 0) is 22.7 Å². The van der Waals surface area contributed by atoms with Crippen LogP contribution in [0.2, 0.25) is 0 Å². The largest absolute Gasteiger partial charge is 0.508 e. The Labute approximate surface area is 159 Å². The van der Waals surface area contributed by atoms with E-state index < -0.39 is 0 Å². The number of nitrogens with zero attached hydrogens (tertiary/aromatic N) is 3. The van der Waals surface area contributed by atoms with Gasteiger partial charge in [0.1, 0.15) is 5.75 Å². The second kappa shape index (κ2) is 9.16. The lowest BCUT2D eigenvalue weighted by molar-refractivity contribution is -0.136. The second-order valence-corrected chi connectivity index (χ2v) is 6.87. The minimum absolute atomic E-state index is 0.00491. The molecule has 1 N–H and O–H groups in total. The first-order chi connectivity index (χ1) is 13.1. The molecule has 1 aliphatic heterocycles. The zero-order valence-corrected chi connectivity index (χ0v) is 15.4. The molecular formula is C21H25N3O3. The molecule has 27 heavy (non-hydrogen) atoms. The number of carbonyl (C=O) groups excluding carboxylic acids is 2. The van der Waals surface area contributed by atoms with Crippen LogP contribution in [-0.4, -0.2) is 44.8 Å². The molecule has 0 aliphatic carbocycles. The number of hydrogen-bond acceptors (Lipinski definition) is 4. The number of hydrogen-bond donors (Lipinski definition) is 1. The normalized spacial score (nSPS) is 14.2. The lowest BCUT2D eigenvalue weighted by atomic mass is 10.1. The summed E-state index contributed by atoms with van der Waals surface area (Å²) in [6, 6.07) is 10.7. The monoisotopic (exact) mass is 367 g/mol. The Morgan fingerprint density at radius 2 is 1.89 bits per heavy atom. The maximum atomic E-state index is 12.9. The zero-order valence-electron chi connectivity index (χ0n) is 15.4. The van der Waals surface area contributed by atoms with Crippen LogP contribution in [0.25, 0.3) is 0 Å². The van der Waals surface area contributed by atoms with Crippen molar-refractivity contribution in [2.75, 3.05) is 13.1 Å². The lowest BCUT2D eigenvalue weighted by Crippen LogP contribution is -2.39. The highest BCUT2D eigenvalue weighted by Gasteiger charge is 2.21. The molecule has 3 rings (SSSR count). The van der Waals surface area contributed by atoms with Gasteiger partial charge >= 0.3 is 0 Å². The molecule has 0 unspecified atom stereocenters. The second-order valence-electron chi connectivity index (χ2n) is 6.87. The van der Waals surface area contributed by atoms with E-state index in [9.17, 15) is 14.7 Å². The van der Waals surface area contributed by atoms with E-state index in [4.69, 9.17) is 0 Å².